The molecule has 1 aromatic heterocycles. The Balaban J connectivity index is 2.32. The van der Waals surface area contributed by atoms with Gasteiger partial charge in [-0.15, -0.1) is 0 Å². The van der Waals surface area contributed by atoms with Crippen LogP contribution in [-0.4, -0.2) is 9.55 Å². The lowest BCUT2D eigenvalue weighted by molar-refractivity contribution is 0.222. The molecule has 0 radical (unpaired) electrons. The van der Waals surface area contributed by atoms with E-state index in [1.54, 1.807) is 0 Å². The second kappa shape index (κ2) is 5.26. The van der Waals surface area contributed by atoms with E-state index in [4.69, 9.17) is 11.6 Å². The van der Waals surface area contributed by atoms with Gasteiger partial charge >= 0.3 is 5.69 Å². The molecule has 0 bridgehead atoms. The fraction of sp³-hybridized carbons (Fsp3) is 0.667. The molecule has 0 aliphatic heterocycles. The van der Waals surface area contributed by atoms with E-state index < -0.39 is 22.2 Å². The van der Waals surface area contributed by atoms with Gasteiger partial charge in [0.25, 0.3) is 5.56 Å². The minimum atomic E-state index is -1.08. The van der Waals surface area contributed by atoms with Crippen LogP contribution in [0.15, 0.2) is 9.59 Å². The van der Waals surface area contributed by atoms with Crippen LogP contribution in [0.4, 0.5) is 4.39 Å². The number of nitrogens with one attached hydrogen (secondary N) is 1. The normalized spacial score (nSPS) is 24.2. The summed E-state index contributed by atoms with van der Waals surface area (Å²) < 4.78 is 14.3. The Kier molecular flexibility index (Phi) is 3.90. The van der Waals surface area contributed by atoms with Crippen molar-refractivity contribution in [3.63, 3.8) is 0 Å². The summed E-state index contributed by atoms with van der Waals surface area (Å²) in [4.78, 5) is 25.5. The summed E-state index contributed by atoms with van der Waals surface area (Å²) in [6, 6.07) is 0. The SMILES string of the molecule is CC1CCCCC1Cn1c(=O)[nH]c(Cl)c(F)c1=O. The minimum absolute atomic E-state index is 0.248. The van der Waals surface area contributed by atoms with Crippen molar-refractivity contribution in [3.8, 4) is 0 Å². The standard InChI is InChI=1S/C12H16ClFN2O2/c1-7-4-2-3-5-8(7)6-16-11(17)9(14)10(13)15-12(16)18/h7-8H,2-6H2,1H3,(H,15,18). The maximum absolute atomic E-state index is 13.4. The highest BCUT2D eigenvalue weighted by Gasteiger charge is 2.23. The molecule has 2 rings (SSSR count). The fourth-order valence-electron chi connectivity index (χ4n) is 2.59. The van der Waals surface area contributed by atoms with Crippen molar-refractivity contribution in [2.45, 2.75) is 39.2 Å². The second-order valence-electron chi connectivity index (χ2n) is 5.00. The number of H-pyrrole nitrogens is 1. The third-order valence-corrected chi connectivity index (χ3v) is 4.05. The van der Waals surface area contributed by atoms with Crippen molar-refractivity contribution >= 4 is 11.6 Å². The van der Waals surface area contributed by atoms with Gasteiger partial charge in [-0.1, -0.05) is 37.8 Å². The van der Waals surface area contributed by atoms with Gasteiger partial charge in [0.15, 0.2) is 5.15 Å². The first-order valence-electron chi connectivity index (χ1n) is 6.19. The lowest BCUT2D eigenvalue weighted by atomic mass is 9.80. The number of aromatic amines is 1. The molecule has 100 valence electrons. The van der Waals surface area contributed by atoms with Gasteiger partial charge < -0.3 is 0 Å². The van der Waals surface area contributed by atoms with Gasteiger partial charge in [0.2, 0.25) is 5.82 Å². The molecule has 0 spiro atoms. The monoisotopic (exact) mass is 274 g/mol. The summed E-state index contributed by atoms with van der Waals surface area (Å²) in [5.74, 6) is -0.387. The molecule has 0 saturated heterocycles. The van der Waals surface area contributed by atoms with Gasteiger partial charge in [-0.2, -0.15) is 4.39 Å². The molecular weight excluding hydrogens is 259 g/mol. The Morgan fingerprint density at radius 3 is 2.72 bits per heavy atom. The average Bonchev–Trinajstić information content (AvgIpc) is 2.34. The van der Waals surface area contributed by atoms with Crippen molar-refractivity contribution in [1.29, 1.82) is 0 Å². The Bertz CT molecular complexity index is 552. The molecule has 0 amide bonds. The topological polar surface area (TPSA) is 54.9 Å². The Morgan fingerprint density at radius 1 is 1.39 bits per heavy atom. The summed E-state index contributed by atoms with van der Waals surface area (Å²) >= 11 is 5.42. The molecule has 2 atom stereocenters. The van der Waals surface area contributed by atoms with Crippen LogP contribution in [0.25, 0.3) is 0 Å². The lowest BCUT2D eigenvalue weighted by Crippen LogP contribution is -2.40. The van der Waals surface area contributed by atoms with Gasteiger partial charge in [0.1, 0.15) is 0 Å². The number of rotatable bonds is 2. The Labute approximate surface area is 109 Å². The predicted octanol–water partition coefficient (Wildman–Crippen LogP) is 2.16. The van der Waals surface area contributed by atoms with Crippen LogP contribution in [0.2, 0.25) is 5.15 Å². The van der Waals surface area contributed by atoms with E-state index in [1.807, 2.05) is 0 Å². The highest BCUT2D eigenvalue weighted by atomic mass is 35.5. The molecule has 1 aliphatic rings. The van der Waals surface area contributed by atoms with Gasteiger partial charge in [0, 0.05) is 6.54 Å². The van der Waals surface area contributed by atoms with Crippen LogP contribution in [0.1, 0.15) is 32.6 Å². The van der Waals surface area contributed by atoms with Crippen molar-refractivity contribution in [2.24, 2.45) is 11.8 Å². The smallest absolute Gasteiger partial charge is 0.295 e. The van der Waals surface area contributed by atoms with Crippen molar-refractivity contribution in [1.82, 2.24) is 9.55 Å². The van der Waals surface area contributed by atoms with Crippen molar-refractivity contribution in [3.05, 3.63) is 31.8 Å². The summed E-state index contributed by atoms with van der Waals surface area (Å²) in [6.45, 7) is 2.37. The first-order chi connectivity index (χ1) is 8.50. The lowest BCUT2D eigenvalue weighted by Gasteiger charge is -2.28. The van der Waals surface area contributed by atoms with Crippen LogP contribution in [0.3, 0.4) is 0 Å². The molecule has 18 heavy (non-hydrogen) atoms. The summed E-state index contributed by atoms with van der Waals surface area (Å²) in [7, 11) is 0. The van der Waals surface area contributed by atoms with E-state index in [-0.39, 0.29) is 12.5 Å². The Morgan fingerprint density at radius 2 is 2.06 bits per heavy atom. The minimum Gasteiger partial charge on any atom is -0.295 e. The zero-order valence-electron chi connectivity index (χ0n) is 10.2. The van der Waals surface area contributed by atoms with Gasteiger partial charge in [-0.3, -0.25) is 14.3 Å². The van der Waals surface area contributed by atoms with Gasteiger partial charge in [0.05, 0.1) is 0 Å². The van der Waals surface area contributed by atoms with Gasteiger partial charge in [-0.05, 0) is 18.3 Å². The molecule has 1 aromatic rings. The molecule has 2 unspecified atom stereocenters. The maximum Gasteiger partial charge on any atom is 0.329 e. The van der Waals surface area contributed by atoms with Crippen molar-refractivity contribution in [2.75, 3.05) is 0 Å². The fourth-order valence-corrected chi connectivity index (χ4v) is 2.75. The van der Waals surface area contributed by atoms with E-state index in [9.17, 15) is 14.0 Å². The number of halogens is 2. The molecule has 4 nitrogen and oxygen atoms in total. The van der Waals surface area contributed by atoms with E-state index >= 15 is 0 Å². The molecule has 6 heteroatoms. The highest BCUT2D eigenvalue weighted by molar-refractivity contribution is 6.29. The molecule has 1 fully saturated rings. The van der Waals surface area contributed by atoms with E-state index in [2.05, 4.69) is 11.9 Å². The van der Waals surface area contributed by atoms with Crippen LogP contribution < -0.4 is 11.2 Å². The van der Waals surface area contributed by atoms with E-state index in [1.165, 1.54) is 6.42 Å². The zero-order chi connectivity index (χ0) is 13.3. The summed E-state index contributed by atoms with van der Waals surface area (Å²) in [5, 5.41) is -0.516. The molecule has 1 saturated carbocycles. The average molecular weight is 275 g/mol. The molecule has 0 aromatic carbocycles. The first kappa shape index (κ1) is 13.3. The Hall–Kier alpha value is -1.10. The quantitative estimate of drug-likeness (QED) is 0.840. The molecule has 1 heterocycles. The number of hydrogen-bond donors (Lipinski definition) is 1. The van der Waals surface area contributed by atoms with Crippen molar-refractivity contribution < 1.29 is 4.39 Å². The second-order valence-corrected chi connectivity index (χ2v) is 5.37. The highest BCUT2D eigenvalue weighted by Crippen LogP contribution is 2.30. The number of hydrogen-bond acceptors (Lipinski definition) is 2. The van der Waals surface area contributed by atoms with E-state index in [0.717, 1.165) is 23.8 Å². The summed E-state index contributed by atoms with van der Waals surface area (Å²) in [6.07, 6.45) is 4.33. The predicted molar refractivity (Wildman–Crippen MR) is 67.4 cm³/mol. The van der Waals surface area contributed by atoms with Gasteiger partial charge in [-0.25, -0.2) is 4.79 Å². The van der Waals surface area contributed by atoms with Crippen LogP contribution in [-0.2, 0) is 6.54 Å². The third-order valence-electron chi connectivity index (χ3n) is 3.79. The third kappa shape index (κ3) is 2.51. The zero-order valence-corrected chi connectivity index (χ0v) is 11.0. The maximum atomic E-state index is 13.4. The molecule has 1 N–H and O–H groups in total. The largest absolute Gasteiger partial charge is 0.329 e. The number of aromatic nitrogens is 2. The number of nitrogens with zero attached hydrogens (tertiary/aromatic N) is 1. The van der Waals surface area contributed by atoms with E-state index in [0.29, 0.717) is 5.92 Å². The van der Waals surface area contributed by atoms with Crippen LogP contribution in [0, 0.1) is 17.7 Å². The molecular formula is C12H16ClFN2O2. The first-order valence-corrected chi connectivity index (χ1v) is 6.56. The van der Waals surface area contributed by atoms with Crippen LogP contribution >= 0.6 is 11.6 Å². The molecule has 1 aliphatic carbocycles. The van der Waals surface area contributed by atoms with Crippen LogP contribution in [0.5, 0.6) is 0 Å². The summed E-state index contributed by atoms with van der Waals surface area (Å²) in [5.41, 5.74) is -1.56.